The maximum atomic E-state index is 14.9. The summed E-state index contributed by atoms with van der Waals surface area (Å²) >= 11 is 1.53. The van der Waals surface area contributed by atoms with Crippen LogP contribution in [0.2, 0.25) is 0 Å². The van der Waals surface area contributed by atoms with Gasteiger partial charge in [-0.25, -0.2) is 19.4 Å². The number of urea groups is 1. The molecule has 0 saturated carbocycles. The second-order valence-electron chi connectivity index (χ2n) is 30.9. The molecule has 0 radical (unpaired) electrons. The number of nitrogens with zero attached hydrogens (tertiary/aromatic N) is 3. The van der Waals surface area contributed by atoms with Crippen molar-refractivity contribution < 1.29 is 76.8 Å². The van der Waals surface area contributed by atoms with Gasteiger partial charge in [0.25, 0.3) is 0 Å². The fraction of sp³-hybridized carbons (Fsp3) is 0.553. The third-order valence-corrected chi connectivity index (χ3v) is 22.9. The van der Waals surface area contributed by atoms with Crippen LogP contribution in [-0.2, 0) is 70.3 Å². The summed E-state index contributed by atoms with van der Waals surface area (Å²) in [4.78, 5) is 159. The summed E-state index contributed by atoms with van der Waals surface area (Å²) in [6, 6.07) is 29.7. The molecule has 0 unspecified atom stereocenters. The molecule has 1 saturated heterocycles. The number of anilines is 1. The maximum Gasteiger partial charge on any atom is 0.408 e. The molecule has 11 atom stereocenters. The number of carbonyl (C=O) groups excluding carboxylic acids is 11. The highest BCUT2D eigenvalue weighted by molar-refractivity contribution is 7.09. The first kappa shape index (κ1) is 89.0. The highest BCUT2D eigenvalue weighted by atomic mass is 32.1. The Morgan fingerprint density at radius 2 is 1.34 bits per heavy atom. The molecular weight excluding hydrogens is 1440 g/mol. The number of alkyl carbamates (subject to hydrolysis) is 2. The van der Waals surface area contributed by atoms with Gasteiger partial charge in [-0.05, 0) is 122 Å². The lowest BCUT2D eigenvalue weighted by molar-refractivity contribution is -0.149. The largest absolute Gasteiger partial charge is 0.449 e. The Hall–Kier alpha value is -9.24. The van der Waals surface area contributed by atoms with E-state index in [1.54, 1.807) is 63.4 Å². The first-order valence-corrected chi connectivity index (χ1v) is 39.9. The van der Waals surface area contributed by atoms with Gasteiger partial charge in [0.05, 0.1) is 47.3 Å². The number of benzene rings is 4. The second-order valence-corrected chi connectivity index (χ2v) is 31.8. The summed E-state index contributed by atoms with van der Waals surface area (Å²) in [5, 5.41) is 26.1. The number of fused-ring (bicyclic) bond motifs is 3. The molecule has 2 aliphatic rings. The van der Waals surface area contributed by atoms with Crippen LogP contribution in [0.15, 0.2) is 115 Å². The van der Waals surface area contributed by atoms with Crippen LogP contribution in [-0.4, -0.2) is 175 Å². The van der Waals surface area contributed by atoms with Crippen molar-refractivity contribution in [2.24, 2.45) is 47.2 Å². The topological polar surface area (TPSA) is 350 Å². The van der Waals surface area contributed by atoms with Gasteiger partial charge >= 0.3 is 18.2 Å². The van der Waals surface area contributed by atoms with Gasteiger partial charge in [0.15, 0.2) is 17.3 Å². The number of methoxy groups -OCH3 is 2. The minimum absolute atomic E-state index is 0.0278. The van der Waals surface area contributed by atoms with E-state index >= 15 is 0 Å². The number of ether oxygens (including phenoxy) is 4. The van der Waals surface area contributed by atoms with Crippen LogP contribution in [0.4, 0.5) is 20.1 Å². The van der Waals surface area contributed by atoms with Gasteiger partial charge in [0.2, 0.25) is 23.6 Å². The molecule has 25 nitrogen and oxygen atoms in total. The van der Waals surface area contributed by atoms with E-state index in [-0.39, 0.29) is 125 Å². The summed E-state index contributed by atoms with van der Waals surface area (Å²) in [6.45, 7) is 16.1. The van der Waals surface area contributed by atoms with E-state index in [4.69, 9.17) is 24.7 Å². The molecular formula is C85H117N9O16S. The van der Waals surface area contributed by atoms with Crippen molar-refractivity contribution >= 4 is 82.0 Å². The molecule has 8 amide bonds. The minimum Gasteiger partial charge on any atom is -0.449 e. The van der Waals surface area contributed by atoms with E-state index < -0.39 is 113 Å². The SMILES string of the molecule is CC[C@H](C)[C@@H]([C@@H](CC(=O)N1CCC[C@H]1[C@H](OC)[C@@H](C)C(=O)C[C@@H](Cc1ccccc1)c1nccs1)OC)N(C)C(=O)[C@@H](CC(=O)C(C)(C)NC(=O)OCc1ccc(NC(=O)[C@H](CCCNC(N)=O)CC(=O)[C@@H](NC(=O)[C@H](CCCCNC(=O)OCC2c3ccccc3-c3ccccc32)CC(=O)CO)C(C)C)cc1)C(C)C. The summed E-state index contributed by atoms with van der Waals surface area (Å²) in [6.07, 6.45) is 2.42. The first-order chi connectivity index (χ1) is 53.0. The number of hydrogen-bond donors (Lipinski definition) is 7. The molecule has 0 bridgehead atoms. The number of nitrogens with two attached hydrogens (primary N) is 1. The van der Waals surface area contributed by atoms with E-state index in [0.29, 0.717) is 49.9 Å². The number of aliphatic hydroxyl groups excluding tert-OH is 1. The number of rotatable bonds is 46. The smallest absolute Gasteiger partial charge is 0.408 e. The molecule has 1 aromatic heterocycles. The number of unbranched alkanes of at least 4 members (excludes halogenated alkanes) is 1. The zero-order chi connectivity index (χ0) is 81.1. The highest BCUT2D eigenvalue weighted by Gasteiger charge is 2.45. The zero-order valence-electron chi connectivity index (χ0n) is 66.6. The van der Waals surface area contributed by atoms with Crippen molar-refractivity contribution in [1.82, 2.24) is 36.1 Å². The van der Waals surface area contributed by atoms with E-state index in [1.807, 2.05) is 99.5 Å². The maximum absolute atomic E-state index is 14.9. The lowest BCUT2D eigenvalue weighted by Crippen LogP contribution is -2.55. The number of aliphatic hydroxyl groups is 1. The number of Topliss-reactive ketones (excluding diaryl/α,β-unsaturated/α-hetero) is 4. The standard InChI is InChI=1S/C85H117N9O16S/c1-13-54(6)76(72(107-11)48-74(100)94-41-24-33-69(94)77(108-12)55(7)70(97)46-60(80-87-40-42-111-80)43-56-25-15-14-16-26-56)93(10)81(103)67(52(2)3)47-73(99)85(8,9)92-84(106)109-50-57-34-36-61(37-35-57)90-78(101)59(28-23-39-88-82(86)104)45-71(98)75(53(4)5)91-79(102)58(44-62(96)49-95)27-21-22-38-89-83(105)110-51-68-65-31-19-17-29-63(65)64-30-18-20-32-66(64)68/h14-20,25-26,29-32,34-37,40,42,52-55,58-60,67-69,72,75-77,95H,13,21-24,27-28,33,38-39,41,43-51H2,1-12H3,(H,89,105)(H,90,101)(H,91,102)(H,92,106)(H3,86,88,104)/t54-,55-,58+,59+,60+,67-,69-,72+,75-,76-,77+/m0/s1. The molecule has 2 heterocycles. The third-order valence-electron chi connectivity index (χ3n) is 21.9. The van der Waals surface area contributed by atoms with Gasteiger partial charge in [-0.1, -0.05) is 152 Å². The summed E-state index contributed by atoms with van der Waals surface area (Å²) in [5.41, 5.74) is 10.2. The number of amides is 8. The Morgan fingerprint density at radius 1 is 0.703 bits per heavy atom. The lowest BCUT2D eigenvalue weighted by atomic mass is 9.83. The average Bonchev–Trinajstić information content (AvgIpc) is 1.59. The quantitative estimate of drug-likeness (QED) is 0.0178. The number of nitrogens with one attached hydrogen (secondary N) is 5. The van der Waals surface area contributed by atoms with Crippen molar-refractivity contribution in [3.63, 3.8) is 0 Å². The fourth-order valence-electron chi connectivity index (χ4n) is 15.3. The number of likely N-dealkylation sites (N-methyl/N-ethyl adjacent to an activating group) is 1. The van der Waals surface area contributed by atoms with Gasteiger partial charge in [-0.2, -0.15) is 0 Å². The van der Waals surface area contributed by atoms with Crippen molar-refractivity contribution in [1.29, 1.82) is 0 Å². The molecule has 0 spiro atoms. The van der Waals surface area contributed by atoms with E-state index in [9.17, 15) is 57.8 Å². The van der Waals surface area contributed by atoms with Crippen LogP contribution in [0.1, 0.15) is 185 Å². The molecule has 5 aromatic rings. The molecule has 26 heteroatoms. The minimum atomic E-state index is -1.50. The predicted octanol–water partition coefficient (Wildman–Crippen LogP) is 11.7. The Kier molecular flexibility index (Phi) is 34.9. The summed E-state index contributed by atoms with van der Waals surface area (Å²) in [7, 11) is 4.79. The van der Waals surface area contributed by atoms with Crippen molar-refractivity contribution in [2.75, 3.05) is 59.4 Å². The van der Waals surface area contributed by atoms with Crippen molar-refractivity contribution in [2.45, 2.75) is 207 Å². The number of aromatic nitrogens is 1. The first-order valence-electron chi connectivity index (χ1n) is 39.0. The molecule has 7 rings (SSSR count). The Morgan fingerprint density at radius 3 is 1.95 bits per heavy atom. The molecule has 4 aromatic carbocycles. The summed E-state index contributed by atoms with van der Waals surface area (Å²) < 4.78 is 23.5. The number of thiazole rings is 1. The molecule has 1 fully saturated rings. The van der Waals surface area contributed by atoms with Gasteiger partial charge < -0.3 is 66.2 Å². The van der Waals surface area contributed by atoms with Crippen LogP contribution in [0.3, 0.4) is 0 Å². The van der Waals surface area contributed by atoms with Crippen molar-refractivity contribution in [3.05, 3.63) is 142 Å². The van der Waals surface area contributed by atoms with Gasteiger partial charge in [-0.3, -0.25) is 38.4 Å². The van der Waals surface area contributed by atoms with Gasteiger partial charge in [-0.15, -0.1) is 11.3 Å². The molecule has 8 N–H and O–H groups in total. The van der Waals surface area contributed by atoms with Crippen LogP contribution in [0, 0.1) is 41.4 Å². The Labute approximate surface area is 657 Å². The van der Waals surface area contributed by atoms with Crippen LogP contribution in [0.5, 0.6) is 0 Å². The Balaban J connectivity index is 0.894. The lowest BCUT2D eigenvalue weighted by Gasteiger charge is -2.41. The van der Waals surface area contributed by atoms with E-state index in [2.05, 4.69) is 55.8 Å². The number of hydrogen-bond acceptors (Lipinski definition) is 18. The number of carbonyl (C=O) groups is 11. The van der Waals surface area contributed by atoms with Crippen molar-refractivity contribution in [3.8, 4) is 11.1 Å². The monoisotopic (exact) mass is 1550 g/mol. The fourth-order valence-corrected chi connectivity index (χ4v) is 16.0. The molecule has 1 aliphatic carbocycles. The molecule has 1 aliphatic heterocycles. The second kappa shape index (κ2) is 43.5. The van der Waals surface area contributed by atoms with E-state index in [1.165, 1.54) is 32.3 Å². The number of ketones is 4. The zero-order valence-corrected chi connectivity index (χ0v) is 67.4. The average molecular weight is 1550 g/mol. The Bertz CT molecular complexity index is 3870. The highest BCUT2D eigenvalue weighted by Crippen LogP contribution is 2.45. The number of primary amides is 1. The number of likely N-dealkylation sites (tertiary alicyclic amines) is 1. The normalized spacial score (nSPS) is 16.1. The predicted molar refractivity (Wildman–Crippen MR) is 425 cm³/mol. The van der Waals surface area contributed by atoms with E-state index in [0.717, 1.165) is 39.2 Å². The summed E-state index contributed by atoms with van der Waals surface area (Å²) in [5.74, 6) is -7.42. The molecule has 604 valence electrons. The van der Waals surface area contributed by atoms with Crippen LogP contribution >= 0.6 is 11.3 Å². The third kappa shape index (κ3) is 25.6. The van der Waals surface area contributed by atoms with Gasteiger partial charge in [0, 0.05) is 119 Å². The molecule has 111 heavy (non-hydrogen) atoms. The van der Waals surface area contributed by atoms with Crippen LogP contribution < -0.4 is 32.3 Å². The van der Waals surface area contributed by atoms with Gasteiger partial charge in [0.1, 0.15) is 25.6 Å². The van der Waals surface area contributed by atoms with Crippen LogP contribution in [0.25, 0.3) is 11.1 Å².